The van der Waals surface area contributed by atoms with Gasteiger partial charge in [-0.1, -0.05) is 24.3 Å². The number of carbonyl (C=O) groups excluding carboxylic acids is 1. The molecule has 22 heavy (non-hydrogen) atoms. The SMILES string of the molecule is O=Cc1c[nH]c2ncc(-c3ccc(-c4nnn[nH]4)cc3)cc12. The minimum atomic E-state index is 0.605. The van der Waals surface area contributed by atoms with Gasteiger partial charge in [0.2, 0.25) is 0 Å². The van der Waals surface area contributed by atoms with Crippen molar-refractivity contribution in [2.45, 2.75) is 0 Å². The quantitative estimate of drug-likeness (QED) is 0.563. The highest BCUT2D eigenvalue weighted by Crippen LogP contribution is 2.25. The lowest BCUT2D eigenvalue weighted by atomic mass is 10.0. The van der Waals surface area contributed by atoms with Gasteiger partial charge in [0, 0.05) is 34.5 Å². The second kappa shape index (κ2) is 4.88. The zero-order valence-corrected chi connectivity index (χ0v) is 11.3. The number of aldehydes is 1. The highest BCUT2D eigenvalue weighted by atomic mass is 16.1. The van der Waals surface area contributed by atoms with Crippen molar-refractivity contribution in [3.05, 3.63) is 48.3 Å². The van der Waals surface area contributed by atoms with E-state index in [4.69, 9.17) is 0 Å². The number of H-pyrrole nitrogens is 2. The summed E-state index contributed by atoms with van der Waals surface area (Å²) in [6, 6.07) is 9.74. The van der Waals surface area contributed by atoms with Crippen molar-refractivity contribution >= 4 is 17.3 Å². The third kappa shape index (κ3) is 1.96. The fraction of sp³-hybridized carbons (Fsp3) is 0. The molecule has 0 aliphatic heterocycles. The van der Waals surface area contributed by atoms with Crippen molar-refractivity contribution in [2.75, 3.05) is 0 Å². The zero-order chi connectivity index (χ0) is 14.9. The fourth-order valence-electron chi connectivity index (χ4n) is 2.38. The van der Waals surface area contributed by atoms with Crippen LogP contribution in [-0.4, -0.2) is 36.9 Å². The topological polar surface area (TPSA) is 100 Å². The van der Waals surface area contributed by atoms with Crippen molar-refractivity contribution in [2.24, 2.45) is 0 Å². The molecular formula is C15H10N6O. The average molecular weight is 290 g/mol. The van der Waals surface area contributed by atoms with E-state index in [2.05, 4.69) is 30.6 Å². The molecule has 4 aromatic rings. The van der Waals surface area contributed by atoms with E-state index in [9.17, 15) is 4.79 Å². The summed E-state index contributed by atoms with van der Waals surface area (Å²) >= 11 is 0. The number of fused-ring (bicyclic) bond motifs is 1. The van der Waals surface area contributed by atoms with E-state index in [1.165, 1.54) is 0 Å². The van der Waals surface area contributed by atoms with E-state index in [1.807, 2.05) is 30.3 Å². The number of pyridine rings is 1. The molecule has 0 radical (unpaired) electrons. The zero-order valence-electron chi connectivity index (χ0n) is 11.3. The van der Waals surface area contributed by atoms with Crippen molar-refractivity contribution in [3.8, 4) is 22.5 Å². The number of hydrogen-bond donors (Lipinski definition) is 2. The number of nitrogens with one attached hydrogen (secondary N) is 2. The number of tetrazole rings is 1. The predicted octanol–water partition coefficient (Wildman–Crippen LogP) is 2.22. The molecule has 1 aromatic carbocycles. The molecule has 3 heterocycles. The average Bonchev–Trinajstić information content (AvgIpc) is 3.24. The number of aromatic amines is 2. The van der Waals surface area contributed by atoms with Crippen molar-refractivity contribution in [1.29, 1.82) is 0 Å². The molecule has 0 saturated carbocycles. The molecular weight excluding hydrogens is 280 g/mol. The Bertz CT molecular complexity index is 940. The van der Waals surface area contributed by atoms with Gasteiger partial charge in [0.05, 0.1) is 0 Å². The Morgan fingerprint density at radius 1 is 1.05 bits per heavy atom. The lowest BCUT2D eigenvalue weighted by Crippen LogP contribution is -1.85. The maximum Gasteiger partial charge on any atom is 0.179 e. The number of carbonyl (C=O) groups is 1. The fourth-order valence-corrected chi connectivity index (χ4v) is 2.38. The smallest absolute Gasteiger partial charge is 0.179 e. The van der Waals surface area contributed by atoms with Gasteiger partial charge >= 0.3 is 0 Å². The molecule has 0 atom stereocenters. The van der Waals surface area contributed by atoms with Gasteiger partial charge in [-0.15, -0.1) is 5.10 Å². The van der Waals surface area contributed by atoms with Gasteiger partial charge in [-0.05, 0) is 22.1 Å². The van der Waals surface area contributed by atoms with Crippen LogP contribution in [-0.2, 0) is 0 Å². The molecule has 3 aromatic heterocycles. The van der Waals surface area contributed by atoms with E-state index in [1.54, 1.807) is 12.4 Å². The lowest BCUT2D eigenvalue weighted by Gasteiger charge is -2.03. The Morgan fingerprint density at radius 3 is 2.59 bits per heavy atom. The number of hydrogen-bond acceptors (Lipinski definition) is 5. The van der Waals surface area contributed by atoms with E-state index in [0.29, 0.717) is 17.0 Å². The largest absolute Gasteiger partial charge is 0.345 e. The monoisotopic (exact) mass is 290 g/mol. The lowest BCUT2D eigenvalue weighted by molar-refractivity contribution is 0.112. The molecule has 106 valence electrons. The number of nitrogens with zero attached hydrogens (tertiary/aromatic N) is 4. The van der Waals surface area contributed by atoms with Crippen LogP contribution in [0.5, 0.6) is 0 Å². The minimum Gasteiger partial charge on any atom is -0.345 e. The summed E-state index contributed by atoms with van der Waals surface area (Å²) in [6.07, 6.45) is 4.26. The van der Waals surface area contributed by atoms with Gasteiger partial charge in [0.15, 0.2) is 12.1 Å². The standard InChI is InChI=1S/C15H10N6O/c22-8-12-7-17-15-13(12)5-11(6-16-15)9-1-3-10(4-2-9)14-18-20-21-19-14/h1-8H,(H,16,17)(H,18,19,20,21). The van der Waals surface area contributed by atoms with E-state index < -0.39 is 0 Å². The molecule has 4 rings (SSSR count). The second-order valence-corrected chi connectivity index (χ2v) is 4.81. The maximum absolute atomic E-state index is 11.0. The molecule has 0 fully saturated rings. The third-order valence-electron chi connectivity index (χ3n) is 3.53. The molecule has 0 amide bonds. The van der Waals surface area contributed by atoms with Crippen molar-refractivity contribution < 1.29 is 4.79 Å². The summed E-state index contributed by atoms with van der Waals surface area (Å²) in [7, 11) is 0. The molecule has 0 aliphatic rings. The summed E-state index contributed by atoms with van der Waals surface area (Å²) in [5.41, 5.74) is 4.16. The van der Waals surface area contributed by atoms with Gasteiger partial charge in [0.25, 0.3) is 0 Å². The van der Waals surface area contributed by atoms with Crippen LogP contribution in [0.25, 0.3) is 33.5 Å². The molecule has 0 unspecified atom stereocenters. The van der Waals surface area contributed by atoms with Crippen LogP contribution in [0.4, 0.5) is 0 Å². The van der Waals surface area contributed by atoms with Crippen LogP contribution in [0.2, 0.25) is 0 Å². The van der Waals surface area contributed by atoms with Gasteiger partial charge in [-0.2, -0.15) is 0 Å². The molecule has 2 N–H and O–H groups in total. The molecule has 0 spiro atoms. The second-order valence-electron chi connectivity index (χ2n) is 4.81. The van der Waals surface area contributed by atoms with E-state index >= 15 is 0 Å². The molecule has 0 aliphatic carbocycles. The summed E-state index contributed by atoms with van der Waals surface area (Å²) in [5.74, 6) is 0.619. The minimum absolute atomic E-state index is 0.605. The Morgan fingerprint density at radius 2 is 1.86 bits per heavy atom. The van der Waals surface area contributed by atoms with Gasteiger partial charge < -0.3 is 4.98 Å². The maximum atomic E-state index is 11.0. The van der Waals surface area contributed by atoms with Crippen molar-refractivity contribution in [1.82, 2.24) is 30.6 Å². The van der Waals surface area contributed by atoms with Gasteiger partial charge in [0.1, 0.15) is 5.65 Å². The first-order valence-corrected chi connectivity index (χ1v) is 6.62. The Balaban J connectivity index is 1.76. The molecule has 0 bridgehead atoms. The summed E-state index contributed by atoms with van der Waals surface area (Å²) in [6.45, 7) is 0. The van der Waals surface area contributed by atoms with Crippen LogP contribution in [0.3, 0.4) is 0 Å². The Labute approximate surface area is 124 Å². The highest BCUT2D eigenvalue weighted by Gasteiger charge is 2.07. The van der Waals surface area contributed by atoms with Crippen LogP contribution in [0.1, 0.15) is 10.4 Å². The Hall–Kier alpha value is -3.35. The van der Waals surface area contributed by atoms with E-state index in [0.717, 1.165) is 28.4 Å². The summed E-state index contributed by atoms with van der Waals surface area (Å²) in [5, 5.41) is 14.5. The van der Waals surface area contributed by atoms with Crippen LogP contribution in [0, 0.1) is 0 Å². The van der Waals surface area contributed by atoms with E-state index in [-0.39, 0.29) is 0 Å². The first-order chi connectivity index (χ1) is 10.8. The predicted molar refractivity (Wildman–Crippen MR) is 80.1 cm³/mol. The highest BCUT2D eigenvalue weighted by molar-refractivity contribution is 5.97. The van der Waals surface area contributed by atoms with Gasteiger partial charge in [-0.25, -0.2) is 10.1 Å². The number of rotatable bonds is 3. The molecule has 0 saturated heterocycles. The van der Waals surface area contributed by atoms with Gasteiger partial charge in [-0.3, -0.25) is 4.79 Å². The number of benzene rings is 1. The summed E-state index contributed by atoms with van der Waals surface area (Å²) in [4.78, 5) is 18.4. The molecule has 7 nitrogen and oxygen atoms in total. The van der Waals surface area contributed by atoms with Crippen LogP contribution < -0.4 is 0 Å². The molecule has 7 heteroatoms. The normalized spacial score (nSPS) is 10.9. The third-order valence-corrected chi connectivity index (χ3v) is 3.53. The van der Waals surface area contributed by atoms with Crippen LogP contribution >= 0.6 is 0 Å². The van der Waals surface area contributed by atoms with Crippen molar-refractivity contribution in [3.63, 3.8) is 0 Å². The first kappa shape index (κ1) is 12.4. The Kier molecular flexibility index (Phi) is 2.75. The summed E-state index contributed by atoms with van der Waals surface area (Å²) < 4.78 is 0. The first-order valence-electron chi connectivity index (χ1n) is 6.62. The van der Waals surface area contributed by atoms with Crippen LogP contribution in [0.15, 0.2) is 42.7 Å². The number of aromatic nitrogens is 6.